The monoisotopic (exact) mass is 270 g/mol. The van der Waals surface area contributed by atoms with Crippen molar-refractivity contribution in [1.29, 1.82) is 0 Å². The minimum Gasteiger partial charge on any atom is -0.394 e. The van der Waals surface area contributed by atoms with Crippen LogP contribution in [0, 0.1) is 0 Å². The van der Waals surface area contributed by atoms with Crippen molar-refractivity contribution in [3.05, 3.63) is 11.7 Å². The number of aliphatic hydroxyl groups is 1. The Morgan fingerprint density at radius 2 is 2.28 bits per heavy atom. The fraction of sp³-hybridized carbons (Fsp3) is 0.667. The predicted octanol–water partition coefficient (Wildman–Crippen LogP) is 0.464. The molecule has 18 heavy (non-hydrogen) atoms. The molecule has 0 aliphatic heterocycles. The quantitative estimate of drug-likeness (QED) is 0.755. The van der Waals surface area contributed by atoms with Gasteiger partial charge in [0.15, 0.2) is 5.82 Å². The highest BCUT2D eigenvalue weighted by Crippen LogP contribution is 2.19. The van der Waals surface area contributed by atoms with Gasteiger partial charge < -0.3 is 9.63 Å². The Labute approximate surface area is 108 Å². The first kappa shape index (κ1) is 13.0. The molecule has 2 rings (SSSR count). The zero-order chi connectivity index (χ0) is 13.0. The maximum atomic E-state index is 8.85. The number of tetrazole rings is 1. The molecule has 0 saturated carbocycles. The minimum absolute atomic E-state index is 0.00168. The van der Waals surface area contributed by atoms with Crippen molar-refractivity contribution in [1.82, 2.24) is 30.3 Å². The minimum atomic E-state index is -0.00168. The summed E-state index contributed by atoms with van der Waals surface area (Å²) >= 11 is 1.40. The maximum Gasteiger partial charge on any atom is 0.229 e. The van der Waals surface area contributed by atoms with Crippen LogP contribution in [-0.2, 0) is 12.3 Å². The van der Waals surface area contributed by atoms with Crippen LogP contribution in [0.4, 0.5) is 0 Å². The average Bonchev–Trinajstić information content (AvgIpc) is 2.95. The molecule has 0 radical (unpaired) electrons. The van der Waals surface area contributed by atoms with E-state index in [1.54, 1.807) is 0 Å². The highest BCUT2D eigenvalue weighted by molar-refractivity contribution is 7.98. The van der Waals surface area contributed by atoms with E-state index in [2.05, 4.69) is 25.7 Å². The summed E-state index contributed by atoms with van der Waals surface area (Å²) in [5.41, 5.74) is 0. The van der Waals surface area contributed by atoms with Gasteiger partial charge in [-0.15, -0.1) is 5.10 Å². The molecule has 0 unspecified atom stereocenters. The predicted molar refractivity (Wildman–Crippen MR) is 62.9 cm³/mol. The van der Waals surface area contributed by atoms with Crippen molar-refractivity contribution in [3.63, 3.8) is 0 Å². The Morgan fingerprint density at radius 3 is 2.94 bits per heavy atom. The highest BCUT2D eigenvalue weighted by atomic mass is 32.2. The molecule has 0 bridgehead atoms. The number of aliphatic hydroxyl groups excluding tert-OH is 1. The van der Waals surface area contributed by atoms with Crippen LogP contribution >= 0.6 is 11.8 Å². The smallest absolute Gasteiger partial charge is 0.229 e. The largest absolute Gasteiger partial charge is 0.394 e. The standard InChI is InChI=1S/C9H14N6O2S/c1-6(2)8-10-7(12-17-8)5-18-9-11-13-14-15(9)3-4-16/h6,16H,3-5H2,1-2H3. The van der Waals surface area contributed by atoms with Crippen molar-refractivity contribution in [3.8, 4) is 0 Å². The SMILES string of the molecule is CC(C)c1nc(CSc2nnnn2CCO)no1. The fourth-order valence-electron chi connectivity index (χ4n) is 1.22. The van der Waals surface area contributed by atoms with Gasteiger partial charge in [-0.1, -0.05) is 30.8 Å². The third-order valence-corrected chi connectivity index (χ3v) is 3.07. The van der Waals surface area contributed by atoms with E-state index in [1.807, 2.05) is 13.8 Å². The molecule has 2 aromatic heterocycles. The number of rotatable bonds is 6. The highest BCUT2D eigenvalue weighted by Gasteiger charge is 2.12. The molecule has 0 aromatic carbocycles. The number of nitrogens with zero attached hydrogens (tertiary/aromatic N) is 6. The van der Waals surface area contributed by atoms with E-state index >= 15 is 0 Å². The second-order valence-electron chi connectivity index (χ2n) is 3.90. The van der Waals surface area contributed by atoms with E-state index in [4.69, 9.17) is 9.63 Å². The zero-order valence-corrected chi connectivity index (χ0v) is 11.0. The second kappa shape index (κ2) is 5.91. The van der Waals surface area contributed by atoms with Gasteiger partial charge in [0, 0.05) is 5.92 Å². The summed E-state index contributed by atoms with van der Waals surface area (Å²) in [6.45, 7) is 4.36. The van der Waals surface area contributed by atoms with E-state index in [0.29, 0.717) is 29.2 Å². The summed E-state index contributed by atoms with van der Waals surface area (Å²) in [6, 6.07) is 0. The van der Waals surface area contributed by atoms with Crippen molar-refractivity contribution >= 4 is 11.8 Å². The summed E-state index contributed by atoms with van der Waals surface area (Å²) in [5, 5.41) is 24.5. The molecule has 8 nitrogen and oxygen atoms in total. The number of hydrogen-bond donors (Lipinski definition) is 1. The molecule has 1 N–H and O–H groups in total. The third-order valence-electron chi connectivity index (χ3n) is 2.12. The molecule has 98 valence electrons. The van der Waals surface area contributed by atoms with Crippen LogP contribution in [0.25, 0.3) is 0 Å². The van der Waals surface area contributed by atoms with Crippen LogP contribution in [0.1, 0.15) is 31.5 Å². The molecule has 0 saturated heterocycles. The van der Waals surface area contributed by atoms with Crippen molar-refractivity contribution in [2.24, 2.45) is 0 Å². The first-order valence-corrected chi connectivity index (χ1v) is 6.51. The average molecular weight is 270 g/mol. The maximum absolute atomic E-state index is 8.85. The molecule has 0 amide bonds. The first-order valence-electron chi connectivity index (χ1n) is 5.53. The van der Waals surface area contributed by atoms with Gasteiger partial charge in [-0.05, 0) is 10.4 Å². The van der Waals surface area contributed by atoms with Gasteiger partial charge in [-0.25, -0.2) is 4.68 Å². The lowest BCUT2D eigenvalue weighted by Gasteiger charge is -1.99. The lowest BCUT2D eigenvalue weighted by Crippen LogP contribution is -2.05. The molecular formula is C9H14N6O2S. The molecule has 0 atom stereocenters. The molecule has 0 spiro atoms. The number of aromatic nitrogens is 6. The molecule has 9 heteroatoms. The van der Waals surface area contributed by atoms with Crippen molar-refractivity contribution in [2.45, 2.75) is 37.2 Å². The van der Waals surface area contributed by atoms with Gasteiger partial charge in [0.2, 0.25) is 11.0 Å². The lowest BCUT2D eigenvalue weighted by molar-refractivity contribution is 0.262. The summed E-state index contributed by atoms with van der Waals surface area (Å²) in [6.07, 6.45) is 0. The number of thioether (sulfide) groups is 1. The number of hydrogen-bond acceptors (Lipinski definition) is 8. The van der Waals surface area contributed by atoms with Crippen LogP contribution in [0.15, 0.2) is 9.68 Å². The molecule has 0 fully saturated rings. The molecule has 0 aliphatic carbocycles. The van der Waals surface area contributed by atoms with Crippen LogP contribution in [0.5, 0.6) is 0 Å². The van der Waals surface area contributed by atoms with E-state index in [-0.39, 0.29) is 12.5 Å². The lowest BCUT2D eigenvalue weighted by atomic mass is 10.2. The fourth-order valence-corrected chi connectivity index (χ4v) is 1.97. The Balaban J connectivity index is 1.95. The Hall–Kier alpha value is -1.48. The van der Waals surface area contributed by atoms with Gasteiger partial charge in [-0.2, -0.15) is 4.98 Å². The molecule has 0 aliphatic rings. The van der Waals surface area contributed by atoms with Gasteiger partial charge in [0.25, 0.3) is 0 Å². The summed E-state index contributed by atoms with van der Waals surface area (Å²) in [4.78, 5) is 4.26. The zero-order valence-electron chi connectivity index (χ0n) is 10.1. The summed E-state index contributed by atoms with van der Waals surface area (Å²) in [5.74, 6) is 1.99. The molecule has 2 heterocycles. The van der Waals surface area contributed by atoms with Crippen LogP contribution in [-0.4, -0.2) is 42.1 Å². The Bertz CT molecular complexity index is 497. The summed E-state index contributed by atoms with van der Waals surface area (Å²) < 4.78 is 6.64. The van der Waals surface area contributed by atoms with Gasteiger partial charge in [0.1, 0.15) is 0 Å². The van der Waals surface area contributed by atoms with E-state index < -0.39 is 0 Å². The van der Waals surface area contributed by atoms with Crippen LogP contribution in [0.2, 0.25) is 0 Å². The molecular weight excluding hydrogens is 256 g/mol. The van der Waals surface area contributed by atoms with Crippen LogP contribution in [0.3, 0.4) is 0 Å². The second-order valence-corrected chi connectivity index (χ2v) is 4.84. The van der Waals surface area contributed by atoms with Crippen LogP contribution < -0.4 is 0 Å². The van der Waals surface area contributed by atoms with Gasteiger partial charge in [-0.3, -0.25) is 0 Å². The van der Waals surface area contributed by atoms with Crippen molar-refractivity contribution in [2.75, 3.05) is 6.61 Å². The van der Waals surface area contributed by atoms with Crippen molar-refractivity contribution < 1.29 is 9.63 Å². The Morgan fingerprint density at radius 1 is 1.44 bits per heavy atom. The summed E-state index contributed by atoms with van der Waals surface area (Å²) in [7, 11) is 0. The van der Waals surface area contributed by atoms with E-state index in [9.17, 15) is 0 Å². The molecule has 2 aromatic rings. The van der Waals surface area contributed by atoms with Gasteiger partial charge in [0.05, 0.1) is 18.9 Å². The third kappa shape index (κ3) is 3.05. The van der Waals surface area contributed by atoms with Gasteiger partial charge >= 0.3 is 0 Å². The Kier molecular flexibility index (Phi) is 4.26. The van der Waals surface area contributed by atoms with E-state index in [0.717, 1.165) is 0 Å². The first-order chi connectivity index (χ1) is 8.70. The topological polar surface area (TPSA) is 103 Å². The normalized spacial score (nSPS) is 11.3. The van der Waals surface area contributed by atoms with E-state index in [1.165, 1.54) is 16.4 Å².